The van der Waals surface area contributed by atoms with E-state index < -0.39 is 11.6 Å². The third kappa shape index (κ3) is 4.31. The van der Waals surface area contributed by atoms with Crippen LogP contribution in [0.25, 0.3) is 0 Å². The van der Waals surface area contributed by atoms with Crippen molar-refractivity contribution < 1.29 is 8.78 Å². The summed E-state index contributed by atoms with van der Waals surface area (Å²) in [7, 11) is 5.55. The molecule has 0 aliphatic heterocycles. The zero-order chi connectivity index (χ0) is 14.4. The van der Waals surface area contributed by atoms with E-state index in [1.165, 1.54) is 0 Å². The fraction of sp³-hybridized carbons (Fsp3) is 0.615. The van der Waals surface area contributed by atoms with Gasteiger partial charge in [-0.25, -0.2) is 13.8 Å². The molecule has 0 aliphatic carbocycles. The first-order chi connectivity index (χ1) is 8.99. The van der Waals surface area contributed by atoms with Crippen LogP contribution in [0.1, 0.15) is 13.3 Å². The predicted molar refractivity (Wildman–Crippen MR) is 74.8 cm³/mol. The lowest BCUT2D eigenvalue weighted by Crippen LogP contribution is -2.29. The highest BCUT2D eigenvalue weighted by atomic mass is 19.1. The number of hydrogen-bond donors (Lipinski definition) is 1. The van der Waals surface area contributed by atoms with Crippen LogP contribution in [0.5, 0.6) is 0 Å². The van der Waals surface area contributed by atoms with E-state index in [4.69, 9.17) is 0 Å². The Kier molecular flexibility index (Phi) is 5.95. The Balaban J connectivity index is 2.85. The largest absolute Gasteiger partial charge is 0.371 e. The molecule has 0 aliphatic rings. The number of halogens is 2. The highest BCUT2D eigenvalue weighted by Gasteiger charge is 2.15. The predicted octanol–water partition coefficient (Wildman–Crippen LogP) is 2.18. The molecule has 1 rings (SSSR count). The first-order valence-corrected chi connectivity index (χ1v) is 6.43. The van der Waals surface area contributed by atoms with Crippen molar-refractivity contribution in [2.24, 2.45) is 0 Å². The van der Waals surface area contributed by atoms with Crippen LogP contribution in [0.4, 0.5) is 20.4 Å². The van der Waals surface area contributed by atoms with E-state index in [2.05, 4.69) is 15.2 Å². The van der Waals surface area contributed by atoms with Crippen molar-refractivity contribution in [3.8, 4) is 0 Å². The molecule has 0 unspecified atom stereocenters. The molecule has 1 aromatic rings. The first-order valence-electron chi connectivity index (χ1n) is 6.43. The molecule has 0 aromatic carbocycles. The number of pyridine rings is 1. The lowest BCUT2D eigenvalue weighted by molar-refractivity contribution is 0.400. The van der Waals surface area contributed by atoms with Gasteiger partial charge in [0.25, 0.3) is 0 Å². The maximum Gasteiger partial charge on any atom is 0.168 e. The summed E-state index contributed by atoms with van der Waals surface area (Å²) < 4.78 is 27.2. The minimum atomic E-state index is -0.673. The van der Waals surface area contributed by atoms with E-state index >= 15 is 0 Å². The van der Waals surface area contributed by atoms with Crippen LogP contribution in [0.15, 0.2) is 6.07 Å². The van der Waals surface area contributed by atoms with E-state index in [0.29, 0.717) is 13.1 Å². The van der Waals surface area contributed by atoms with E-state index in [1.807, 2.05) is 25.9 Å². The highest BCUT2D eigenvalue weighted by molar-refractivity contribution is 5.48. The Morgan fingerprint density at radius 3 is 2.42 bits per heavy atom. The smallest absolute Gasteiger partial charge is 0.168 e. The Labute approximate surface area is 113 Å². The third-order valence-electron chi connectivity index (χ3n) is 2.86. The standard InChI is InChI=1S/C13H22F2N4/c1-5-19(8-6-7-18(3)4)13-11(15)9-10(14)12(16-2)17-13/h9H,5-8H2,1-4H3,(H,16,17). The lowest BCUT2D eigenvalue weighted by Gasteiger charge is -2.23. The fourth-order valence-corrected chi connectivity index (χ4v) is 1.85. The minimum Gasteiger partial charge on any atom is -0.371 e. The van der Waals surface area contributed by atoms with Gasteiger partial charge in [-0.1, -0.05) is 0 Å². The minimum absolute atomic E-state index is 0.0717. The van der Waals surface area contributed by atoms with Gasteiger partial charge in [-0.3, -0.25) is 0 Å². The molecule has 0 amide bonds. The number of anilines is 2. The van der Waals surface area contributed by atoms with E-state index in [1.54, 1.807) is 7.05 Å². The van der Waals surface area contributed by atoms with Gasteiger partial charge in [0.15, 0.2) is 23.3 Å². The highest BCUT2D eigenvalue weighted by Crippen LogP contribution is 2.22. The summed E-state index contributed by atoms with van der Waals surface area (Å²) in [5.74, 6) is -1.02. The van der Waals surface area contributed by atoms with Gasteiger partial charge in [0, 0.05) is 26.2 Å². The quantitative estimate of drug-likeness (QED) is 0.824. The summed E-state index contributed by atoms with van der Waals surface area (Å²) in [5, 5.41) is 2.63. The van der Waals surface area contributed by atoms with Gasteiger partial charge in [0.1, 0.15) is 0 Å². The molecule has 1 heterocycles. The first kappa shape index (κ1) is 15.6. The van der Waals surface area contributed by atoms with Gasteiger partial charge in [0.2, 0.25) is 0 Å². The van der Waals surface area contributed by atoms with Gasteiger partial charge in [0.05, 0.1) is 0 Å². The molecule has 0 saturated carbocycles. The second kappa shape index (κ2) is 7.23. The van der Waals surface area contributed by atoms with E-state index in [0.717, 1.165) is 19.0 Å². The zero-order valence-electron chi connectivity index (χ0n) is 12.0. The molecule has 0 radical (unpaired) electrons. The van der Waals surface area contributed by atoms with Gasteiger partial charge < -0.3 is 15.1 Å². The summed E-state index contributed by atoms with van der Waals surface area (Å²) in [6, 6.07) is 0.878. The van der Waals surface area contributed by atoms with Crippen molar-refractivity contribution in [3.05, 3.63) is 17.7 Å². The third-order valence-corrected chi connectivity index (χ3v) is 2.86. The van der Waals surface area contributed by atoms with Gasteiger partial charge in [-0.05, 0) is 34.0 Å². The fourth-order valence-electron chi connectivity index (χ4n) is 1.85. The average molecular weight is 272 g/mol. The summed E-state index contributed by atoms with van der Waals surface area (Å²) in [6.07, 6.45) is 0.897. The molecule has 19 heavy (non-hydrogen) atoms. The number of aromatic nitrogens is 1. The normalized spacial score (nSPS) is 10.9. The van der Waals surface area contributed by atoms with Crippen molar-refractivity contribution in [1.82, 2.24) is 9.88 Å². The molecule has 0 atom stereocenters. The van der Waals surface area contributed by atoms with Crippen LogP contribution in [-0.2, 0) is 0 Å². The van der Waals surface area contributed by atoms with Crippen molar-refractivity contribution in [2.45, 2.75) is 13.3 Å². The van der Waals surface area contributed by atoms with Crippen molar-refractivity contribution in [2.75, 3.05) is 51.0 Å². The Morgan fingerprint density at radius 2 is 1.89 bits per heavy atom. The average Bonchev–Trinajstić information content (AvgIpc) is 2.35. The molecular formula is C13H22F2N4. The molecular weight excluding hydrogens is 250 g/mol. The molecule has 1 aromatic heterocycles. The van der Waals surface area contributed by atoms with Crippen LogP contribution in [-0.4, -0.2) is 50.7 Å². The summed E-state index contributed by atoms with van der Waals surface area (Å²) in [6.45, 7) is 4.16. The summed E-state index contributed by atoms with van der Waals surface area (Å²) in [5.41, 5.74) is 0. The molecule has 0 fully saturated rings. The maximum absolute atomic E-state index is 13.8. The summed E-state index contributed by atoms with van der Waals surface area (Å²) >= 11 is 0. The monoisotopic (exact) mass is 272 g/mol. The van der Waals surface area contributed by atoms with Crippen LogP contribution < -0.4 is 10.2 Å². The van der Waals surface area contributed by atoms with Crippen LogP contribution in [0, 0.1) is 11.6 Å². The molecule has 0 bridgehead atoms. The molecule has 0 spiro atoms. The second-order valence-corrected chi connectivity index (χ2v) is 4.61. The van der Waals surface area contributed by atoms with Crippen LogP contribution >= 0.6 is 0 Å². The maximum atomic E-state index is 13.8. The van der Waals surface area contributed by atoms with Crippen LogP contribution in [0.3, 0.4) is 0 Å². The van der Waals surface area contributed by atoms with Gasteiger partial charge in [-0.15, -0.1) is 0 Å². The van der Waals surface area contributed by atoms with Crippen molar-refractivity contribution >= 4 is 11.6 Å². The molecule has 6 heteroatoms. The summed E-state index contributed by atoms with van der Waals surface area (Å²) in [4.78, 5) is 7.90. The lowest BCUT2D eigenvalue weighted by atomic mass is 10.3. The molecule has 108 valence electrons. The van der Waals surface area contributed by atoms with E-state index in [9.17, 15) is 8.78 Å². The molecule has 1 N–H and O–H groups in total. The molecule has 0 saturated heterocycles. The second-order valence-electron chi connectivity index (χ2n) is 4.61. The Hall–Kier alpha value is -1.43. The zero-order valence-corrected chi connectivity index (χ0v) is 12.0. The van der Waals surface area contributed by atoms with Crippen molar-refractivity contribution in [3.63, 3.8) is 0 Å². The van der Waals surface area contributed by atoms with Gasteiger partial charge >= 0.3 is 0 Å². The number of hydrogen-bond acceptors (Lipinski definition) is 4. The SMILES string of the molecule is CCN(CCCN(C)C)c1nc(NC)c(F)cc1F. The van der Waals surface area contributed by atoms with Crippen LogP contribution in [0.2, 0.25) is 0 Å². The number of nitrogens with zero attached hydrogens (tertiary/aromatic N) is 3. The van der Waals surface area contributed by atoms with E-state index in [-0.39, 0.29) is 11.6 Å². The van der Waals surface area contributed by atoms with Gasteiger partial charge in [-0.2, -0.15) is 0 Å². The molecule has 4 nitrogen and oxygen atoms in total. The van der Waals surface area contributed by atoms with Crippen molar-refractivity contribution in [1.29, 1.82) is 0 Å². The Morgan fingerprint density at radius 1 is 1.21 bits per heavy atom. The topological polar surface area (TPSA) is 31.4 Å². The Bertz CT molecular complexity index is 410. The number of rotatable bonds is 7. The number of nitrogens with one attached hydrogen (secondary N) is 1.